The Morgan fingerprint density at radius 1 is 1.31 bits per heavy atom. The number of piperidine rings is 1. The highest BCUT2D eigenvalue weighted by Gasteiger charge is 2.20. The Morgan fingerprint density at radius 2 is 2.00 bits per heavy atom. The molecule has 1 heterocycles. The van der Waals surface area contributed by atoms with Gasteiger partial charge < -0.3 is 15.0 Å². The fraction of sp³-hybridized carbons (Fsp3) is 0.917. The number of nitrogens with one attached hydrogen (secondary N) is 1. The fourth-order valence-electron chi connectivity index (χ4n) is 2.02. The molecule has 0 bridgehead atoms. The molecule has 1 N–H and O–H groups in total. The Hall–Kier alpha value is -0.770. The first-order chi connectivity index (χ1) is 7.76. The minimum atomic E-state index is -0.254. The van der Waals surface area contributed by atoms with Crippen molar-refractivity contribution in [3.63, 3.8) is 0 Å². The van der Waals surface area contributed by atoms with E-state index < -0.39 is 0 Å². The predicted octanol–water partition coefficient (Wildman–Crippen LogP) is 2.00. The molecule has 1 aliphatic rings. The Balaban J connectivity index is 2.14. The van der Waals surface area contributed by atoms with Crippen molar-refractivity contribution < 1.29 is 9.53 Å². The van der Waals surface area contributed by atoms with E-state index >= 15 is 0 Å². The summed E-state index contributed by atoms with van der Waals surface area (Å²) in [6.45, 7) is 8.07. The molecule has 16 heavy (non-hydrogen) atoms. The maximum Gasteiger partial charge on any atom is 0.407 e. The SMILES string of the molecule is CCCOC(=O)NC1CCN(CCC)CC1. The smallest absolute Gasteiger partial charge is 0.407 e. The first-order valence-electron chi connectivity index (χ1n) is 6.41. The van der Waals surface area contributed by atoms with Gasteiger partial charge in [0.1, 0.15) is 0 Å². The Bertz CT molecular complexity index is 201. The van der Waals surface area contributed by atoms with Crippen LogP contribution < -0.4 is 5.32 Å². The van der Waals surface area contributed by atoms with Crippen molar-refractivity contribution >= 4 is 6.09 Å². The van der Waals surface area contributed by atoms with Crippen molar-refractivity contribution in [2.45, 2.75) is 45.6 Å². The van der Waals surface area contributed by atoms with Gasteiger partial charge in [-0.15, -0.1) is 0 Å². The highest BCUT2D eigenvalue weighted by atomic mass is 16.5. The first-order valence-corrected chi connectivity index (χ1v) is 6.41. The average Bonchev–Trinajstić information content (AvgIpc) is 2.29. The van der Waals surface area contributed by atoms with Crippen molar-refractivity contribution in [3.8, 4) is 0 Å². The summed E-state index contributed by atoms with van der Waals surface area (Å²) in [4.78, 5) is 13.8. The molecule has 0 aromatic carbocycles. The number of alkyl carbamates (subject to hydrolysis) is 1. The highest BCUT2D eigenvalue weighted by molar-refractivity contribution is 5.67. The van der Waals surface area contributed by atoms with E-state index in [0.717, 1.165) is 32.4 Å². The third-order valence-corrected chi connectivity index (χ3v) is 2.89. The molecule has 0 atom stereocenters. The van der Waals surface area contributed by atoms with E-state index in [4.69, 9.17) is 4.74 Å². The molecule has 1 saturated heterocycles. The minimum absolute atomic E-state index is 0.254. The summed E-state index contributed by atoms with van der Waals surface area (Å²) in [6.07, 6.45) is 3.91. The van der Waals surface area contributed by atoms with Crippen molar-refractivity contribution in [2.75, 3.05) is 26.2 Å². The van der Waals surface area contributed by atoms with Gasteiger partial charge in [0, 0.05) is 19.1 Å². The predicted molar refractivity (Wildman–Crippen MR) is 64.5 cm³/mol. The second-order valence-electron chi connectivity index (χ2n) is 4.40. The normalized spacial score (nSPS) is 18.4. The van der Waals surface area contributed by atoms with E-state index in [1.807, 2.05) is 6.92 Å². The molecule has 0 aliphatic carbocycles. The summed E-state index contributed by atoms with van der Waals surface area (Å²) in [5.41, 5.74) is 0. The molecule has 0 saturated carbocycles. The summed E-state index contributed by atoms with van der Waals surface area (Å²) in [7, 11) is 0. The lowest BCUT2D eigenvalue weighted by Gasteiger charge is -2.31. The molecule has 1 rings (SSSR count). The van der Waals surface area contributed by atoms with Crippen LogP contribution in [0.5, 0.6) is 0 Å². The lowest BCUT2D eigenvalue weighted by atomic mass is 10.1. The second-order valence-corrected chi connectivity index (χ2v) is 4.40. The molecular weight excluding hydrogens is 204 g/mol. The Labute approximate surface area is 98.3 Å². The van der Waals surface area contributed by atoms with Gasteiger partial charge in [-0.3, -0.25) is 0 Å². The van der Waals surface area contributed by atoms with E-state index in [9.17, 15) is 4.79 Å². The fourth-order valence-corrected chi connectivity index (χ4v) is 2.02. The van der Waals surface area contributed by atoms with Gasteiger partial charge in [-0.1, -0.05) is 13.8 Å². The molecule has 1 amide bonds. The van der Waals surface area contributed by atoms with Crippen LogP contribution in [0.3, 0.4) is 0 Å². The quantitative estimate of drug-likeness (QED) is 0.782. The number of carbonyl (C=O) groups excluding carboxylic acids is 1. The zero-order valence-electron chi connectivity index (χ0n) is 10.5. The molecule has 94 valence electrons. The van der Waals surface area contributed by atoms with Crippen molar-refractivity contribution in [2.24, 2.45) is 0 Å². The zero-order valence-corrected chi connectivity index (χ0v) is 10.5. The third-order valence-electron chi connectivity index (χ3n) is 2.89. The van der Waals surface area contributed by atoms with Gasteiger partial charge in [-0.2, -0.15) is 0 Å². The molecule has 0 aromatic rings. The first kappa shape index (κ1) is 13.3. The van der Waals surface area contributed by atoms with E-state index in [-0.39, 0.29) is 6.09 Å². The van der Waals surface area contributed by atoms with E-state index in [2.05, 4.69) is 17.1 Å². The molecule has 1 aliphatic heterocycles. The Morgan fingerprint density at radius 3 is 2.56 bits per heavy atom. The number of nitrogens with zero attached hydrogens (tertiary/aromatic N) is 1. The number of rotatable bonds is 5. The van der Waals surface area contributed by atoms with Gasteiger partial charge in [0.25, 0.3) is 0 Å². The molecule has 4 heteroatoms. The van der Waals surface area contributed by atoms with Gasteiger partial charge >= 0.3 is 6.09 Å². The van der Waals surface area contributed by atoms with Crippen LogP contribution >= 0.6 is 0 Å². The van der Waals surface area contributed by atoms with E-state index in [1.54, 1.807) is 0 Å². The lowest BCUT2D eigenvalue weighted by molar-refractivity contribution is 0.132. The van der Waals surface area contributed by atoms with Gasteiger partial charge in [0.2, 0.25) is 0 Å². The summed E-state index contributed by atoms with van der Waals surface area (Å²) >= 11 is 0. The highest BCUT2D eigenvalue weighted by Crippen LogP contribution is 2.10. The number of likely N-dealkylation sites (tertiary alicyclic amines) is 1. The molecular formula is C12H24N2O2. The lowest BCUT2D eigenvalue weighted by Crippen LogP contribution is -2.44. The van der Waals surface area contributed by atoms with Gasteiger partial charge in [0.15, 0.2) is 0 Å². The monoisotopic (exact) mass is 228 g/mol. The van der Waals surface area contributed by atoms with Crippen LogP contribution in [0.15, 0.2) is 0 Å². The standard InChI is InChI=1S/C12H24N2O2/c1-3-7-14-8-5-11(6-9-14)13-12(15)16-10-4-2/h11H,3-10H2,1-2H3,(H,13,15). The second kappa shape index (κ2) is 7.49. The Kier molecular flexibility index (Phi) is 6.23. The summed E-state index contributed by atoms with van der Waals surface area (Å²) in [6, 6.07) is 0.303. The summed E-state index contributed by atoms with van der Waals surface area (Å²) in [5, 5.41) is 2.93. The number of ether oxygens (including phenoxy) is 1. The average molecular weight is 228 g/mol. The van der Waals surface area contributed by atoms with Gasteiger partial charge in [-0.25, -0.2) is 4.79 Å². The molecule has 0 aromatic heterocycles. The van der Waals surface area contributed by atoms with Crippen molar-refractivity contribution in [1.29, 1.82) is 0 Å². The van der Waals surface area contributed by atoms with Gasteiger partial charge in [0.05, 0.1) is 6.61 Å². The van der Waals surface area contributed by atoms with Gasteiger partial charge in [-0.05, 0) is 32.2 Å². The largest absolute Gasteiger partial charge is 0.450 e. The zero-order chi connectivity index (χ0) is 11.8. The van der Waals surface area contributed by atoms with Crippen LogP contribution in [0.4, 0.5) is 4.79 Å². The van der Waals surface area contributed by atoms with Crippen molar-refractivity contribution in [3.05, 3.63) is 0 Å². The third kappa shape index (κ3) is 4.84. The molecule has 4 nitrogen and oxygen atoms in total. The topological polar surface area (TPSA) is 41.6 Å². The maximum absolute atomic E-state index is 11.3. The maximum atomic E-state index is 11.3. The molecule has 0 spiro atoms. The number of hydrogen-bond donors (Lipinski definition) is 1. The number of amides is 1. The number of hydrogen-bond acceptors (Lipinski definition) is 3. The van der Waals surface area contributed by atoms with Crippen molar-refractivity contribution in [1.82, 2.24) is 10.2 Å². The summed E-state index contributed by atoms with van der Waals surface area (Å²) < 4.78 is 5.00. The van der Waals surface area contributed by atoms with Crippen LogP contribution in [0.25, 0.3) is 0 Å². The van der Waals surface area contributed by atoms with Crippen LogP contribution in [0.2, 0.25) is 0 Å². The minimum Gasteiger partial charge on any atom is -0.450 e. The summed E-state index contributed by atoms with van der Waals surface area (Å²) in [5.74, 6) is 0. The number of carbonyl (C=O) groups is 1. The van der Waals surface area contributed by atoms with E-state index in [1.165, 1.54) is 13.0 Å². The van der Waals surface area contributed by atoms with Crippen LogP contribution in [0, 0.1) is 0 Å². The molecule has 0 radical (unpaired) electrons. The molecule has 1 fully saturated rings. The van der Waals surface area contributed by atoms with Crippen LogP contribution in [0.1, 0.15) is 39.5 Å². The van der Waals surface area contributed by atoms with Crippen LogP contribution in [-0.4, -0.2) is 43.3 Å². The van der Waals surface area contributed by atoms with E-state index in [0.29, 0.717) is 12.6 Å². The molecule has 0 unspecified atom stereocenters. The van der Waals surface area contributed by atoms with Crippen LogP contribution in [-0.2, 0) is 4.74 Å².